The highest BCUT2D eigenvalue weighted by Gasteiger charge is 2.33. The normalized spacial score (nSPS) is 15.6. The Morgan fingerprint density at radius 1 is 1.18 bits per heavy atom. The molecule has 0 atom stereocenters. The molecule has 0 bridgehead atoms. The summed E-state index contributed by atoms with van der Waals surface area (Å²) in [5, 5.41) is 13.6. The van der Waals surface area contributed by atoms with Gasteiger partial charge in [-0.1, -0.05) is 36.1 Å². The molecule has 2 aromatic carbocycles. The molecule has 1 aliphatic heterocycles. The second kappa shape index (κ2) is 7.60. The summed E-state index contributed by atoms with van der Waals surface area (Å²) in [6.45, 7) is 0. The summed E-state index contributed by atoms with van der Waals surface area (Å²) in [5.41, 5.74) is -1.29. The van der Waals surface area contributed by atoms with Crippen LogP contribution in [0.25, 0.3) is 6.08 Å². The summed E-state index contributed by atoms with van der Waals surface area (Å²) in [6.07, 6.45) is -3.10. The van der Waals surface area contributed by atoms with Crippen molar-refractivity contribution >= 4 is 46.0 Å². The van der Waals surface area contributed by atoms with E-state index in [9.17, 15) is 28.1 Å². The molecule has 1 saturated heterocycles. The van der Waals surface area contributed by atoms with E-state index in [1.165, 1.54) is 12.1 Å². The van der Waals surface area contributed by atoms with Crippen LogP contribution in [-0.2, 0) is 11.0 Å². The molecule has 0 aromatic heterocycles. The number of thiocarbonyl (C=S) groups is 1. The van der Waals surface area contributed by atoms with E-state index in [1.807, 2.05) is 0 Å². The molecule has 1 fully saturated rings. The van der Waals surface area contributed by atoms with Gasteiger partial charge < -0.3 is 10.1 Å². The van der Waals surface area contributed by atoms with Gasteiger partial charge >= 0.3 is 11.9 Å². The van der Waals surface area contributed by atoms with E-state index in [0.29, 0.717) is 26.9 Å². The molecule has 1 heterocycles. The van der Waals surface area contributed by atoms with Crippen molar-refractivity contribution in [1.82, 2.24) is 5.32 Å². The quantitative estimate of drug-likeness (QED) is 0.324. The maximum Gasteiger partial charge on any atom is 0.416 e. The van der Waals surface area contributed by atoms with Gasteiger partial charge in [-0.3, -0.25) is 14.9 Å². The van der Waals surface area contributed by atoms with Gasteiger partial charge in [0.25, 0.3) is 5.91 Å². The van der Waals surface area contributed by atoms with Gasteiger partial charge in [0.1, 0.15) is 10.1 Å². The lowest BCUT2D eigenvalue weighted by Gasteiger charge is -2.10. The zero-order valence-electron chi connectivity index (χ0n) is 13.6. The third kappa shape index (κ3) is 4.49. The molecule has 6 nitrogen and oxygen atoms in total. The summed E-state index contributed by atoms with van der Waals surface area (Å²) in [6, 6.07) is 8.17. The summed E-state index contributed by atoms with van der Waals surface area (Å²) >= 11 is 6.01. The Balaban J connectivity index is 1.83. The van der Waals surface area contributed by atoms with Crippen molar-refractivity contribution in [3.8, 4) is 11.5 Å². The number of nitro benzene ring substituents is 1. The van der Waals surface area contributed by atoms with E-state index in [-0.39, 0.29) is 17.4 Å². The number of nitrogens with zero attached hydrogens (tertiary/aromatic N) is 1. The standard InChI is InChI=1S/C17H9F3N2O4S2/c18-17(19,20)10-3-6-13(12(8-10)22(24)25)26-11-4-1-9(2-5-11)7-14-15(23)21-16(27)28-14/h1-8H,(H,21,23,27). The fourth-order valence-corrected chi connectivity index (χ4v) is 3.30. The van der Waals surface area contributed by atoms with Gasteiger partial charge in [0.05, 0.1) is 15.4 Å². The maximum atomic E-state index is 12.7. The number of hydrogen-bond acceptors (Lipinski definition) is 6. The van der Waals surface area contributed by atoms with Crippen LogP contribution in [0.5, 0.6) is 11.5 Å². The van der Waals surface area contributed by atoms with E-state index in [2.05, 4.69) is 5.32 Å². The van der Waals surface area contributed by atoms with Gasteiger partial charge in [-0.15, -0.1) is 0 Å². The fraction of sp³-hybridized carbons (Fsp3) is 0.0588. The number of amides is 1. The highest BCUT2D eigenvalue weighted by Crippen LogP contribution is 2.38. The molecule has 0 radical (unpaired) electrons. The molecule has 1 amide bonds. The van der Waals surface area contributed by atoms with Crippen molar-refractivity contribution in [3.63, 3.8) is 0 Å². The van der Waals surface area contributed by atoms with Crippen molar-refractivity contribution in [1.29, 1.82) is 0 Å². The summed E-state index contributed by atoms with van der Waals surface area (Å²) in [4.78, 5) is 22.2. The predicted octanol–water partition coefficient (Wildman–Crippen LogP) is 4.89. The van der Waals surface area contributed by atoms with E-state index >= 15 is 0 Å². The smallest absolute Gasteiger partial charge is 0.416 e. The average Bonchev–Trinajstić information content (AvgIpc) is 2.93. The van der Waals surface area contributed by atoms with Crippen molar-refractivity contribution in [3.05, 3.63) is 68.6 Å². The van der Waals surface area contributed by atoms with Crippen molar-refractivity contribution in [2.24, 2.45) is 0 Å². The molecule has 0 spiro atoms. The number of hydrogen-bond donors (Lipinski definition) is 1. The van der Waals surface area contributed by atoms with Crippen molar-refractivity contribution in [2.75, 3.05) is 0 Å². The van der Waals surface area contributed by atoms with Crippen LogP contribution in [0.15, 0.2) is 47.4 Å². The number of nitrogens with one attached hydrogen (secondary N) is 1. The third-order valence-corrected chi connectivity index (χ3v) is 4.69. The number of alkyl halides is 3. The van der Waals surface area contributed by atoms with Crippen LogP contribution in [0.1, 0.15) is 11.1 Å². The number of halogens is 3. The minimum Gasteiger partial charge on any atom is -0.450 e. The summed E-state index contributed by atoms with van der Waals surface area (Å²) in [5.74, 6) is -0.444. The Morgan fingerprint density at radius 2 is 1.86 bits per heavy atom. The molecule has 1 N–H and O–H groups in total. The minimum atomic E-state index is -4.70. The summed E-state index contributed by atoms with van der Waals surface area (Å²) < 4.78 is 44.0. The molecule has 0 unspecified atom stereocenters. The molecule has 144 valence electrons. The lowest BCUT2D eigenvalue weighted by molar-refractivity contribution is -0.385. The van der Waals surface area contributed by atoms with Crippen molar-refractivity contribution in [2.45, 2.75) is 6.18 Å². The first kappa shape index (κ1) is 19.8. The molecular weight excluding hydrogens is 417 g/mol. The number of benzene rings is 2. The highest BCUT2D eigenvalue weighted by atomic mass is 32.2. The van der Waals surface area contributed by atoms with Crippen LogP contribution < -0.4 is 10.1 Å². The number of carbonyl (C=O) groups excluding carboxylic acids is 1. The first-order chi connectivity index (χ1) is 13.1. The lowest BCUT2D eigenvalue weighted by atomic mass is 10.1. The first-order valence-corrected chi connectivity index (χ1v) is 8.74. The van der Waals surface area contributed by atoms with Gasteiger partial charge in [0.2, 0.25) is 5.75 Å². The number of thioether (sulfide) groups is 1. The Labute approximate surface area is 165 Å². The third-order valence-electron chi connectivity index (χ3n) is 3.53. The van der Waals surface area contributed by atoms with E-state index in [1.54, 1.807) is 18.2 Å². The fourth-order valence-electron chi connectivity index (χ4n) is 2.25. The first-order valence-electron chi connectivity index (χ1n) is 7.52. The average molecular weight is 426 g/mol. The largest absolute Gasteiger partial charge is 0.450 e. The van der Waals surface area contributed by atoms with E-state index in [4.69, 9.17) is 17.0 Å². The van der Waals surface area contributed by atoms with E-state index < -0.39 is 22.4 Å². The monoisotopic (exact) mass is 426 g/mol. The molecule has 2 aromatic rings. The van der Waals surface area contributed by atoms with Crippen molar-refractivity contribution < 1.29 is 27.6 Å². The molecule has 11 heteroatoms. The van der Waals surface area contributed by atoms with Gasteiger partial charge in [-0.2, -0.15) is 13.2 Å². The van der Waals surface area contributed by atoms with Gasteiger partial charge in [-0.05, 0) is 35.9 Å². The second-order valence-electron chi connectivity index (χ2n) is 5.46. The molecule has 28 heavy (non-hydrogen) atoms. The van der Waals surface area contributed by atoms with Crippen LogP contribution in [-0.4, -0.2) is 15.2 Å². The number of ether oxygens (including phenoxy) is 1. The molecule has 3 rings (SSSR count). The Hall–Kier alpha value is -2.92. The van der Waals surface area contributed by atoms with Crippen LogP contribution in [0, 0.1) is 10.1 Å². The second-order valence-corrected chi connectivity index (χ2v) is 7.18. The van der Waals surface area contributed by atoms with Gasteiger partial charge in [-0.25, -0.2) is 0 Å². The zero-order valence-corrected chi connectivity index (χ0v) is 15.3. The Kier molecular flexibility index (Phi) is 5.38. The van der Waals surface area contributed by atoms with E-state index in [0.717, 1.165) is 17.8 Å². The molecular formula is C17H9F3N2O4S2. The highest BCUT2D eigenvalue weighted by molar-refractivity contribution is 8.26. The van der Waals surface area contributed by atoms with Crippen LogP contribution in [0.3, 0.4) is 0 Å². The number of carbonyl (C=O) groups is 1. The predicted molar refractivity (Wildman–Crippen MR) is 101 cm³/mol. The van der Waals surface area contributed by atoms with Crippen LogP contribution in [0.4, 0.5) is 18.9 Å². The Morgan fingerprint density at radius 3 is 2.39 bits per heavy atom. The number of rotatable bonds is 4. The molecule has 0 saturated carbocycles. The summed E-state index contributed by atoms with van der Waals surface area (Å²) in [7, 11) is 0. The Bertz CT molecular complexity index is 1000. The lowest BCUT2D eigenvalue weighted by Crippen LogP contribution is -2.17. The van der Waals surface area contributed by atoms with Crippen LogP contribution >= 0.6 is 24.0 Å². The molecule has 1 aliphatic rings. The van der Waals surface area contributed by atoms with Gasteiger partial charge in [0.15, 0.2) is 0 Å². The number of nitro groups is 1. The maximum absolute atomic E-state index is 12.7. The zero-order chi connectivity index (χ0) is 20.5. The SMILES string of the molecule is O=C1NC(=S)SC1=Cc1ccc(Oc2ccc(C(F)(F)F)cc2[N+](=O)[O-])cc1. The minimum absolute atomic E-state index is 0.184. The van der Waals surface area contributed by atoms with Gasteiger partial charge in [0, 0.05) is 6.07 Å². The van der Waals surface area contributed by atoms with Crippen LogP contribution in [0.2, 0.25) is 0 Å². The molecule has 0 aliphatic carbocycles. The topological polar surface area (TPSA) is 81.5 Å².